The van der Waals surface area contributed by atoms with Gasteiger partial charge < -0.3 is 38.4 Å². The van der Waals surface area contributed by atoms with Crippen molar-refractivity contribution in [3.8, 4) is 0 Å². The lowest BCUT2D eigenvalue weighted by Gasteiger charge is -2.32. The molecular formula is C29H45N7O5S4. The Hall–Kier alpha value is -2.12. The minimum absolute atomic E-state index is 0.655. The quantitative estimate of drug-likeness (QED) is 0.228. The van der Waals surface area contributed by atoms with Crippen LogP contribution in [0.4, 0.5) is 10.3 Å². The molecule has 12 nitrogen and oxygen atoms in total. The van der Waals surface area contributed by atoms with Gasteiger partial charge in [-0.15, -0.1) is 0 Å². The molecule has 250 valence electrons. The van der Waals surface area contributed by atoms with Crippen molar-refractivity contribution in [1.29, 1.82) is 0 Å². The number of likely N-dealkylation sites (N-methyl/N-ethyl adjacent to an activating group) is 1. The summed E-state index contributed by atoms with van der Waals surface area (Å²) in [4.78, 5) is 18.1. The van der Waals surface area contributed by atoms with Crippen molar-refractivity contribution in [2.45, 2.75) is 26.4 Å². The standard InChI is InChI=1S/C10H17N3OS.C9H14N2O2S.2C5H7NOS/c1-12-3-5-13(6-4-12)10-11-7-9(15-10)8-14-2;1-12-7-8-6-10-9(14-8)11-2-4-13-5-3-11;2*1-7-3-5-2-6-8-4-5/h7H,3-6,8H2,1-2H3;6H,2-5,7H2,1H3;2*2,4H,3H2,1H3. The zero-order chi connectivity index (χ0) is 32.1. The van der Waals surface area contributed by atoms with Crippen molar-refractivity contribution < 1.29 is 23.7 Å². The number of aromatic nitrogens is 4. The van der Waals surface area contributed by atoms with Crippen LogP contribution in [0.15, 0.2) is 35.5 Å². The maximum Gasteiger partial charge on any atom is 0.185 e. The third-order valence-corrected chi connectivity index (χ3v) is 9.63. The number of anilines is 2. The predicted molar refractivity (Wildman–Crippen MR) is 184 cm³/mol. The number of hydrogen-bond acceptors (Lipinski definition) is 16. The van der Waals surface area contributed by atoms with Crippen LogP contribution in [-0.2, 0) is 50.1 Å². The van der Waals surface area contributed by atoms with E-state index in [4.69, 9.17) is 23.7 Å². The second-order valence-corrected chi connectivity index (χ2v) is 13.4. The van der Waals surface area contributed by atoms with E-state index < -0.39 is 0 Å². The first-order valence-corrected chi connectivity index (χ1v) is 17.7. The highest BCUT2D eigenvalue weighted by Crippen LogP contribution is 2.24. The minimum Gasteiger partial charge on any atom is -0.380 e. The first kappa shape index (κ1) is 37.3. The van der Waals surface area contributed by atoms with E-state index in [0.29, 0.717) is 26.4 Å². The van der Waals surface area contributed by atoms with Gasteiger partial charge in [0.15, 0.2) is 10.3 Å². The van der Waals surface area contributed by atoms with Gasteiger partial charge in [-0.1, -0.05) is 22.7 Å². The van der Waals surface area contributed by atoms with E-state index in [1.807, 2.05) is 35.5 Å². The summed E-state index contributed by atoms with van der Waals surface area (Å²) in [5, 5.41) is 6.17. The molecule has 16 heteroatoms. The molecule has 4 aromatic rings. The van der Waals surface area contributed by atoms with E-state index >= 15 is 0 Å². The van der Waals surface area contributed by atoms with Crippen LogP contribution in [0.5, 0.6) is 0 Å². The third kappa shape index (κ3) is 14.5. The summed E-state index contributed by atoms with van der Waals surface area (Å²) in [7, 11) is 8.94. The van der Waals surface area contributed by atoms with Crippen molar-refractivity contribution in [1.82, 2.24) is 23.6 Å². The molecule has 0 amide bonds. The van der Waals surface area contributed by atoms with Gasteiger partial charge in [-0.3, -0.25) is 0 Å². The largest absolute Gasteiger partial charge is 0.380 e. The van der Waals surface area contributed by atoms with Crippen molar-refractivity contribution in [2.75, 3.05) is 97.8 Å². The number of methoxy groups -OCH3 is 4. The SMILES string of the molecule is COCc1cnc(N2CCN(C)CC2)s1.COCc1cnc(N2CCOCC2)s1.COCc1cnsc1.COCc1cnsc1. The topological polar surface area (TPSA) is 107 Å². The van der Waals surface area contributed by atoms with Crippen LogP contribution in [0.25, 0.3) is 0 Å². The Morgan fingerprint density at radius 3 is 1.47 bits per heavy atom. The molecule has 2 aliphatic heterocycles. The summed E-state index contributed by atoms with van der Waals surface area (Å²) in [5.41, 5.74) is 2.30. The maximum absolute atomic E-state index is 5.29. The van der Waals surface area contributed by atoms with Gasteiger partial charge in [-0.05, 0) is 30.1 Å². The Morgan fingerprint density at radius 2 is 1.07 bits per heavy atom. The molecule has 0 atom stereocenters. The summed E-state index contributed by atoms with van der Waals surface area (Å²) < 4.78 is 32.9. The van der Waals surface area contributed by atoms with E-state index in [2.05, 4.69) is 40.5 Å². The lowest BCUT2D eigenvalue weighted by molar-refractivity contribution is 0.122. The normalized spacial score (nSPS) is 15.0. The fourth-order valence-corrected chi connectivity index (χ4v) is 6.90. The van der Waals surface area contributed by atoms with Crippen LogP contribution < -0.4 is 9.80 Å². The van der Waals surface area contributed by atoms with Crippen LogP contribution >= 0.6 is 45.7 Å². The molecule has 0 aromatic carbocycles. The minimum atomic E-state index is 0.655. The Bertz CT molecular complexity index is 1210. The number of ether oxygens (including phenoxy) is 5. The highest BCUT2D eigenvalue weighted by Gasteiger charge is 2.17. The fraction of sp³-hybridized carbons (Fsp3) is 0.586. The Morgan fingerprint density at radius 1 is 0.622 bits per heavy atom. The van der Waals surface area contributed by atoms with Gasteiger partial charge in [-0.25, -0.2) is 18.7 Å². The van der Waals surface area contributed by atoms with E-state index in [0.717, 1.165) is 73.9 Å². The van der Waals surface area contributed by atoms with Gasteiger partial charge in [0.1, 0.15) is 0 Å². The Balaban J connectivity index is 0.000000170. The Kier molecular flexibility index (Phi) is 18.6. The summed E-state index contributed by atoms with van der Waals surface area (Å²) >= 11 is 6.33. The fourth-order valence-electron chi connectivity index (χ4n) is 3.99. The summed E-state index contributed by atoms with van der Waals surface area (Å²) in [6, 6.07) is 0. The van der Waals surface area contributed by atoms with Gasteiger partial charge in [0.2, 0.25) is 0 Å². The molecule has 45 heavy (non-hydrogen) atoms. The number of rotatable bonds is 10. The van der Waals surface area contributed by atoms with E-state index in [-0.39, 0.29) is 0 Å². The van der Waals surface area contributed by atoms with E-state index in [1.54, 1.807) is 51.1 Å². The molecule has 2 fully saturated rings. The first-order valence-electron chi connectivity index (χ1n) is 14.4. The smallest absolute Gasteiger partial charge is 0.185 e. The van der Waals surface area contributed by atoms with Gasteiger partial charge in [0.05, 0.1) is 49.4 Å². The second kappa shape index (κ2) is 22.4. The number of piperazine rings is 1. The van der Waals surface area contributed by atoms with Crippen molar-refractivity contribution >= 4 is 56.0 Å². The number of hydrogen-bond donors (Lipinski definition) is 0. The molecule has 6 rings (SSSR count). The number of morpholine rings is 1. The van der Waals surface area contributed by atoms with Crippen LogP contribution in [0.1, 0.15) is 20.9 Å². The van der Waals surface area contributed by atoms with Crippen LogP contribution in [0, 0.1) is 0 Å². The Labute approximate surface area is 282 Å². The molecule has 0 aliphatic carbocycles. The van der Waals surface area contributed by atoms with E-state index in [9.17, 15) is 0 Å². The average Bonchev–Trinajstić information content (AvgIpc) is 3.90. The molecule has 0 bridgehead atoms. The summed E-state index contributed by atoms with van der Waals surface area (Å²) in [6.45, 7) is 10.6. The van der Waals surface area contributed by atoms with Gasteiger partial charge in [0, 0.05) is 114 Å². The molecule has 0 radical (unpaired) electrons. The number of thiazole rings is 2. The van der Waals surface area contributed by atoms with Crippen molar-refractivity contribution in [2.24, 2.45) is 0 Å². The van der Waals surface area contributed by atoms with E-state index in [1.165, 1.54) is 32.8 Å². The summed E-state index contributed by atoms with van der Waals surface area (Å²) in [5.74, 6) is 0. The third-order valence-electron chi connectivity index (χ3n) is 6.30. The molecule has 0 spiro atoms. The monoisotopic (exact) mass is 699 g/mol. The summed E-state index contributed by atoms with van der Waals surface area (Å²) in [6.07, 6.45) is 7.43. The highest BCUT2D eigenvalue weighted by molar-refractivity contribution is 7.15. The van der Waals surface area contributed by atoms with Gasteiger partial charge in [0.25, 0.3) is 0 Å². The van der Waals surface area contributed by atoms with Crippen LogP contribution in [-0.4, -0.2) is 112 Å². The first-order chi connectivity index (χ1) is 22.1. The molecule has 0 saturated carbocycles. The van der Waals surface area contributed by atoms with Crippen molar-refractivity contribution in [3.05, 3.63) is 56.4 Å². The zero-order valence-corrected chi connectivity index (χ0v) is 30.0. The van der Waals surface area contributed by atoms with Crippen LogP contribution in [0.3, 0.4) is 0 Å². The zero-order valence-electron chi connectivity index (χ0n) is 26.8. The van der Waals surface area contributed by atoms with Crippen molar-refractivity contribution in [3.63, 3.8) is 0 Å². The highest BCUT2D eigenvalue weighted by atomic mass is 32.1. The van der Waals surface area contributed by atoms with Crippen LogP contribution in [0.2, 0.25) is 0 Å². The molecule has 4 aromatic heterocycles. The van der Waals surface area contributed by atoms with Gasteiger partial charge >= 0.3 is 0 Å². The lowest BCUT2D eigenvalue weighted by Crippen LogP contribution is -2.44. The molecule has 2 aliphatic rings. The molecular weight excluding hydrogens is 655 g/mol. The molecule has 0 N–H and O–H groups in total. The molecule has 2 saturated heterocycles. The maximum atomic E-state index is 5.29. The molecule has 0 unspecified atom stereocenters. The second-order valence-electron chi connectivity index (χ2n) is 9.91. The lowest BCUT2D eigenvalue weighted by atomic mass is 10.3. The average molecular weight is 700 g/mol. The predicted octanol–water partition coefficient (Wildman–Crippen LogP) is 4.75. The van der Waals surface area contributed by atoms with Gasteiger partial charge in [-0.2, -0.15) is 0 Å². The molecule has 6 heterocycles. The number of nitrogens with zero attached hydrogens (tertiary/aromatic N) is 7.